The molecule has 0 aliphatic carbocycles. The molecule has 2 rings (SSSR count). The lowest BCUT2D eigenvalue weighted by molar-refractivity contribution is 0.415. The lowest BCUT2D eigenvalue weighted by Gasteiger charge is -2.04. The van der Waals surface area contributed by atoms with Crippen molar-refractivity contribution in [3.63, 3.8) is 0 Å². The maximum Gasteiger partial charge on any atom is 0.121 e. The van der Waals surface area contributed by atoms with Gasteiger partial charge in [-0.1, -0.05) is 0 Å². The van der Waals surface area contributed by atoms with Crippen molar-refractivity contribution in [3.05, 3.63) is 29.6 Å². The van der Waals surface area contributed by atoms with E-state index in [4.69, 9.17) is 4.74 Å². The number of fused-ring (bicyclic) bond motifs is 1. The maximum atomic E-state index is 5.12. The average Bonchev–Trinajstić information content (AvgIpc) is 2.19. The molecular formula is C11H12N2O. The zero-order valence-electron chi connectivity index (χ0n) is 8.53. The molecule has 0 unspecified atom stereocenters. The summed E-state index contributed by atoms with van der Waals surface area (Å²) < 4.78 is 5.12. The Balaban J connectivity index is 2.70. The van der Waals surface area contributed by atoms with E-state index in [2.05, 4.69) is 9.97 Å². The fraction of sp³-hybridized carbons (Fsp3) is 0.273. The van der Waals surface area contributed by atoms with E-state index < -0.39 is 0 Å². The standard InChI is InChI=1S/C11H12N2O/c1-7-8(2)13-11-6-9(14-3)4-5-10(11)12-7/h4-6H,1-3H3. The van der Waals surface area contributed by atoms with Crippen LogP contribution in [0, 0.1) is 13.8 Å². The second-order valence-corrected chi connectivity index (χ2v) is 3.25. The third-order valence-corrected chi connectivity index (χ3v) is 2.28. The summed E-state index contributed by atoms with van der Waals surface area (Å²) in [7, 11) is 1.65. The van der Waals surface area contributed by atoms with E-state index in [0.717, 1.165) is 28.2 Å². The molecule has 0 bridgehead atoms. The van der Waals surface area contributed by atoms with Gasteiger partial charge in [0.15, 0.2) is 0 Å². The van der Waals surface area contributed by atoms with Crippen molar-refractivity contribution >= 4 is 11.0 Å². The summed E-state index contributed by atoms with van der Waals surface area (Å²) in [6.45, 7) is 3.92. The van der Waals surface area contributed by atoms with E-state index in [1.165, 1.54) is 0 Å². The molecular weight excluding hydrogens is 176 g/mol. The van der Waals surface area contributed by atoms with Crippen LogP contribution >= 0.6 is 0 Å². The molecule has 3 nitrogen and oxygen atoms in total. The number of methoxy groups -OCH3 is 1. The van der Waals surface area contributed by atoms with E-state index in [-0.39, 0.29) is 0 Å². The van der Waals surface area contributed by atoms with Gasteiger partial charge in [-0.3, -0.25) is 0 Å². The monoisotopic (exact) mass is 188 g/mol. The molecule has 3 heteroatoms. The molecule has 0 radical (unpaired) electrons. The summed E-state index contributed by atoms with van der Waals surface area (Å²) in [5.74, 6) is 0.815. The summed E-state index contributed by atoms with van der Waals surface area (Å²) in [5.41, 5.74) is 3.73. The molecule has 0 saturated heterocycles. The predicted octanol–water partition coefficient (Wildman–Crippen LogP) is 2.26. The zero-order valence-corrected chi connectivity index (χ0v) is 8.53. The van der Waals surface area contributed by atoms with Gasteiger partial charge in [-0.05, 0) is 26.0 Å². The van der Waals surface area contributed by atoms with Crippen LogP contribution in [0.2, 0.25) is 0 Å². The number of hydrogen-bond donors (Lipinski definition) is 0. The Morgan fingerprint density at radius 3 is 2.29 bits per heavy atom. The first-order chi connectivity index (χ1) is 6.70. The number of hydrogen-bond acceptors (Lipinski definition) is 3. The largest absolute Gasteiger partial charge is 0.497 e. The summed E-state index contributed by atoms with van der Waals surface area (Å²) in [6, 6.07) is 5.72. The topological polar surface area (TPSA) is 35.0 Å². The molecule has 72 valence electrons. The van der Waals surface area contributed by atoms with E-state index in [9.17, 15) is 0 Å². The highest BCUT2D eigenvalue weighted by atomic mass is 16.5. The van der Waals surface area contributed by atoms with Crippen molar-refractivity contribution < 1.29 is 4.74 Å². The molecule has 0 N–H and O–H groups in total. The second kappa shape index (κ2) is 3.25. The van der Waals surface area contributed by atoms with Gasteiger partial charge >= 0.3 is 0 Å². The van der Waals surface area contributed by atoms with Gasteiger partial charge in [-0.2, -0.15) is 0 Å². The molecule has 2 aromatic rings. The number of nitrogens with zero attached hydrogens (tertiary/aromatic N) is 2. The van der Waals surface area contributed by atoms with Crippen LogP contribution in [0.5, 0.6) is 5.75 Å². The Kier molecular flexibility index (Phi) is 2.08. The van der Waals surface area contributed by atoms with Crippen LogP contribution in [-0.4, -0.2) is 17.1 Å². The van der Waals surface area contributed by atoms with Gasteiger partial charge < -0.3 is 4.74 Å². The molecule has 0 aliphatic heterocycles. The quantitative estimate of drug-likeness (QED) is 0.688. The number of aromatic nitrogens is 2. The SMILES string of the molecule is COc1ccc2nc(C)c(C)nc2c1. The normalized spacial score (nSPS) is 10.5. The van der Waals surface area contributed by atoms with Crippen LogP contribution in [0.15, 0.2) is 18.2 Å². The molecule has 0 atom stereocenters. The Bertz CT molecular complexity index is 480. The van der Waals surface area contributed by atoms with E-state index in [1.807, 2.05) is 32.0 Å². The van der Waals surface area contributed by atoms with Crippen LogP contribution < -0.4 is 4.74 Å². The number of aryl methyl sites for hydroxylation is 2. The van der Waals surface area contributed by atoms with Gasteiger partial charge in [0.05, 0.1) is 29.5 Å². The van der Waals surface area contributed by atoms with E-state index in [0.29, 0.717) is 0 Å². The first-order valence-electron chi connectivity index (χ1n) is 4.49. The minimum atomic E-state index is 0.815. The minimum Gasteiger partial charge on any atom is -0.497 e. The summed E-state index contributed by atoms with van der Waals surface area (Å²) in [4.78, 5) is 8.87. The molecule has 0 saturated carbocycles. The van der Waals surface area contributed by atoms with Crippen LogP contribution in [0.4, 0.5) is 0 Å². The number of benzene rings is 1. The van der Waals surface area contributed by atoms with Crippen molar-refractivity contribution in [2.75, 3.05) is 7.11 Å². The van der Waals surface area contributed by atoms with Gasteiger partial charge in [-0.25, -0.2) is 9.97 Å². The lowest BCUT2D eigenvalue weighted by atomic mass is 10.2. The van der Waals surface area contributed by atoms with Crippen LogP contribution in [0.1, 0.15) is 11.4 Å². The van der Waals surface area contributed by atoms with Crippen molar-refractivity contribution in [1.29, 1.82) is 0 Å². The summed E-state index contributed by atoms with van der Waals surface area (Å²) >= 11 is 0. The van der Waals surface area contributed by atoms with Crippen LogP contribution in [0.3, 0.4) is 0 Å². The van der Waals surface area contributed by atoms with Gasteiger partial charge in [0.25, 0.3) is 0 Å². The molecule has 1 aromatic carbocycles. The smallest absolute Gasteiger partial charge is 0.121 e. The highest BCUT2D eigenvalue weighted by molar-refractivity contribution is 5.76. The zero-order chi connectivity index (χ0) is 10.1. The Morgan fingerprint density at radius 2 is 1.64 bits per heavy atom. The first-order valence-corrected chi connectivity index (χ1v) is 4.49. The lowest BCUT2D eigenvalue weighted by Crippen LogP contribution is -1.93. The second-order valence-electron chi connectivity index (χ2n) is 3.25. The third-order valence-electron chi connectivity index (χ3n) is 2.28. The van der Waals surface area contributed by atoms with Gasteiger partial charge in [0, 0.05) is 6.07 Å². The molecule has 0 fully saturated rings. The number of ether oxygens (including phenoxy) is 1. The molecule has 0 aliphatic rings. The fourth-order valence-electron chi connectivity index (χ4n) is 1.34. The van der Waals surface area contributed by atoms with Gasteiger partial charge in [-0.15, -0.1) is 0 Å². The van der Waals surface area contributed by atoms with Crippen molar-refractivity contribution in [2.24, 2.45) is 0 Å². The predicted molar refractivity (Wildman–Crippen MR) is 55.6 cm³/mol. The van der Waals surface area contributed by atoms with E-state index in [1.54, 1.807) is 7.11 Å². The van der Waals surface area contributed by atoms with Crippen LogP contribution in [0.25, 0.3) is 11.0 Å². The van der Waals surface area contributed by atoms with Gasteiger partial charge in [0.2, 0.25) is 0 Å². The molecule has 1 aromatic heterocycles. The van der Waals surface area contributed by atoms with Crippen molar-refractivity contribution in [1.82, 2.24) is 9.97 Å². The third kappa shape index (κ3) is 1.41. The molecule has 0 amide bonds. The van der Waals surface area contributed by atoms with Crippen molar-refractivity contribution in [3.8, 4) is 5.75 Å². The first kappa shape index (κ1) is 8.94. The highest BCUT2D eigenvalue weighted by Gasteiger charge is 2.02. The van der Waals surface area contributed by atoms with Gasteiger partial charge in [0.1, 0.15) is 5.75 Å². The summed E-state index contributed by atoms with van der Waals surface area (Å²) in [5, 5.41) is 0. The highest BCUT2D eigenvalue weighted by Crippen LogP contribution is 2.18. The maximum absolute atomic E-state index is 5.12. The van der Waals surface area contributed by atoms with E-state index >= 15 is 0 Å². The Labute approximate surface area is 82.8 Å². The summed E-state index contributed by atoms with van der Waals surface area (Å²) in [6.07, 6.45) is 0. The fourth-order valence-corrected chi connectivity index (χ4v) is 1.34. The Hall–Kier alpha value is -1.64. The molecule has 0 spiro atoms. The Morgan fingerprint density at radius 1 is 1.00 bits per heavy atom. The van der Waals surface area contributed by atoms with Crippen LogP contribution in [-0.2, 0) is 0 Å². The van der Waals surface area contributed by atoms with Crippen molar-refractivity contribution in [2.45, 2.75) is 13.8 Å². The molecule has 14 heavy (non-hydrogen) atoms. The molecule has 1 heterocycles. The minimum absolute atomic E-state index is 0.815. The average molecular weight is 188 g/mol. The number of rotatable bonds is 1.